The molecule has 0 spiro atoms. The molecule has 2 atom stereocenters. The summed E-state index contributed by atoms with van der Waals surface area (Å²) in [4.78, 5) is 23.2. The van der Waals surface area contributed by atoms with E-state index < -0.39 is 35.4 Å². The Morgan fingerprint density at radius 1 is 1.15 bits per heavy atom. The van der Waals surface area contributed by atoms with Gasteiger partial charge in [0.25, 0.3) is 6.43 Å². The molecule has 2 aliphatic rings. The Balaban J connectivity index is 1.53. The highest BCUT2D eigenvalue weighted by Crippen LogP contribution is 2.39. The standard InChI is InChI=1S/C26H35F3O5/c1-2-3-15-32-22-13-12-21(23(24(22)27)25(28)29)34-26(31)19-10-11-20(33-16-19)18-8-6-17(7-9-18)5-4-14-30/h12-14,17-20,25H,2-11,15-16H2,1H3. The third kappa shape index (κ3) is 6.96. The van der Waals surface area contributed by atoms with Crippen LogP contribution in [0.15, 0.2) is 12.1 Å². The van der Waals surface area contributed by atoms with Gasteiger partial charge in [0.05, 0.1) is 25.2 Å². The van der Waals surface area contributed by atoms with E-state index in [4.69, 9.17) is 14.2 Å². The summed E-state index contributed by atoms with van der Waals surface area (Å²) >= 11 is 0. The molecule has 8 heteroatoms. The molecular weight excluding hydrogens is 449 g/mol. The van der Waals surface area contributed by atoms with Crippen molar-refractivity contribution in [2.75, 3.05) is 13.2 Å². The number of alkyl halides is 2. The normalized spacial score (nSPS) is 25.2. The van der Waals surface area contributed by atoms with Crippen molar-refractivity contribution in [1.29, 1.82) is 0 Å². The van der Waals surface area contributed by atoms with Gasteiger partial charge in [-0.2, -0.15) is 0 Å². The van der Waals surface area contributed by atoms with E-state index in [1.807, 2.05) is 6.92 Å². The first-order valence-electron chi connectivity index (χ1n) is 12.4. The van der Waals surface area contributed by atoms with Gasteiger partial charge in [-0.25, -0.2) is 13.2 Å². The summed E-state index contributed by atoms with van der Waals surface area (Å²) in [6, 6.07) is 2.39. The van der Waals surface area contributed by atoms with Crippen LogP contribution in [0.2, 0.25) is 0 Å². The smallest absolute Gasteiger partial charge is 0.316 e. The van der Waals surface area contributed by atoms with Crippen LogP contribution in [-0.4, -0.2) is 31.6 Å². The fourth-order valence-corrected chi connectivity index (χ4v) is 4.96. The first kappa shape index (κ1) is 26.5. The SMILES string of the molecule is CCCCOc1ccc(OC(=O)C2CCC(C3CCC(CCC=O)CC3)OC2)c(C(F)F)c1F. The van der Waals surface area contributed by atoms with E-state index in [-0.39, 0.29) is 25.1 Å². The van der Waals surface area contributed by atoms with E-state index >= 15 is 0 Å². The van der Waals surface area contributed by atoms with Gasteiger partial charge < -0.3 is 19.0 Å². The number of aldehydes is 1. The summed E-state index contributed by atoms with van der Waals surface area (Å²) in [6.45, 7) is 2.32. The number of ether oxygens (including phenoxy) is 3. The van der Waals surface area contributed by atoms with Crippen molar-refractivity contribution < 1.29 is 37.0 Å². The number of hydrogen-bond donors (Lipinski definition) is 0. The Hall–Kier alpha value is -2.09. The van der Waals surface area contributed by atoms with Gasteiger partial charge in [-0.3, -0.25) is 4.79 Å². The minimum Gasteiger partial charge on any atom is -0.491 e. The van der Waals surface area contributed by atoms with Crippen LogP contribution in [0.1, 0.15) is 83.1 Å². The Morgan fingerprint density at radius 2 is 1.88 bits per heavy atom. The molecule has 2 fully saturated rings. The van der Waals surface area contributed by atoms with Crippen molar-refractivity contribution in [1.82, 2.24) is 0 Å². The molecule has 1 aliphatic heterocycles. The van der Waals surface area contributed by atoms with Crippen molar-refractivity contribution >= 4 is 12.3 Å². The van der Waals surface area contributed by atoms with Gasteiger partial charge in [-0.05, 0) is 62.5 Å². The quantitative estimate of drug-likeness (QED) is 0.157. The number of carbonyl (C=O) groups excluding carboxylic acids is 2. The number of hydrogen-bond acceptors (Lipinski definition) is 5. The molecule has 2 unspecified atom stereocenters. The third-order valence-electron chi connectivity index (χ3n) is 7.04. The second-order valence-corrected chi connectivity index (χ2v) is 9.38. The van der Waals surface area contributed by atoms with Gasteiger partial charge in [0, 0.05) is 6.42 Å². The van der Waals surface area contributed by atoms with Crippen molar-refractivity contribution in [3.8, 4) is 11.5 Å². The Morgan fingerprint density at radius 3 is 2.50 bits per heavy atom. The molecular formula is C26H35F3O5. The average molecular weight is 485 g/mol. The topological polar surface area (TPSA) is 61.8 Å². The molecule has 1 aromatic rings. The van der Waals surface area contributed by atoms with Crippen LogP contribution < -0.4 is 9.47 Å². The molecule has 1 aromatic carbocycles. The minimum atomic E-state index is -3.15. The molecule has 0 amide bonds. The Labute approximate surface area is 199 Å². The summed E-state index contributed by atoms with van der Waals surface area (Å²) in [5, 5.41) is 0. The van der Waals surface area contributed by atoms with Gasteiger partial charge >= 0.3 is 5.97 Å². The summed E-state index contributed by atoms with van der Waals surface area (Å²) in [5.41, 5.74) is -0.955. The second-order valence-electron chi connectivity index (χ2n) is 9.38. The van der Waals surface area contributed by atoms with E-state index in [2.05, 4.69) is 0 Å². The summed E-state index contributed by atoms with van der Waals surface area (Å²) in [6.07, 6.45) is 6.47. The zero-order valence-corrected chi connectivity index (χ0v) is 19.8. The van der Waals surface area contributed by atoms with E-state index in [0.717, 1.165) is 44.8 Å². The lowest BCUT2D eigenvalue weighted by atomic mass is 9.76. The summed E-state index contributed by atoms with van der Waals surface area (Å²) in [5.74, 6) is -2.17. The Bertz CT molecular complexity index is 800. The van der Waals surface area contributed by atoms with Crippen molar-refractivity contribution in [3.05, 3.63) is 23.5 Å². The molecule has 0 aromatic heterocycles. The summed E-state index contributed by atoms with van der Waals surface area (Å²) in [7, 11) is 0. The summed E-state index contributed by atoms with van der Waals surface area (Å²) < 4.78 is 58.2. The monoisotopic (exact) mass is 484 g/mol. The van der Waals surface area contributed by atoms with Gasteiger partial charge in [-0.15, -0.1) is 0 Å². The lowest BCUT2D eigenvalue weighted by Crippen LogP contribution is -2.37. The molecule has 190 valence electrons. The molecule has 5 nitrogen and oxygen atoms in total. The van der Waals surface area contributed by atoms with Crippen LogP contribution in [0, 0.1) is 23.6 Å². The predicted molar refractivity (Wildman–Crippen MR) is 121 cm³/mol. The fraction of sp³-hybridized carbons (Fsp3) is 0.692. The number of esters is 1. The molecule has 1 aliphatic carbocycles. The highest BCUT2D eigenvalue weighted by molar-refractivity contribution is 5.76. The molecule has 1 saturated heterocycles. The maximum atomic E-state index is 14.6. The van der Waals surface area contributed by atoms with E-state index in [1.54, 1.807) is 0 Å². The zero-order chi connectivity index (χ0) is 24.5. The van der Waals surface area contributed by atoms with Crippen LogP contribution in [0.4, 0.5) is 13.2 Å². The highest BCUT2D eigenvalue weighted by atomic mass is 19.3. The second kappa shape index (κ2) is 13.1. The number of carbonyl (C=O) groups is 2. The highest BCUT2D eigenvalue weighted by Gasteiger charge is 2.35. The molecule has 3 rings (SSSR count). The van der Waals surface area contributed by atoms with Crippen LogP contribution in [0.3, 0.4) is 0 Å². The van der Waals surface area contributed by atoms with Crippen molar-refractivity contribution in [3.63, 3.8) is 0 Å². The first-order valence-corrected chi connectivity index (χ1v) is 12.4. The Kier molecular flexibility index (Phi) is 10.2. The van der Waals surface area contributed by atoms with Crippen LogP contribution in [0.5, 0.6) is 11.5 Å². The lowest BCUT2D eigenvalue weighted by molar-refractivity contribution is -0.147. The van der Waals surface area contributed by atoms with Crippen LogP contribution >= 0.6 is 0 Å². The van der Waals surface area contributed by atoms with Gasteiger partial charge in [-0.1, -0.05) is 26.2 Å². The fourth-order valence-electron chi connectivity index (χ4n) is 4.96. The molecule has 0 bridgehead atoms. The minimum absolute atomic E-state index is 0.0738. The number of halogens is 3. The maximum absolute atomic E-state index is 14.6. The average Bonchev–Trinajstić information content (AvgIpc) is 2.84. The van der Waals surface area contributed by atoms with Crippen molar-refractivity contribution in [2.24, 2.45) is 17.8 Å². The third-order valence-corrected chi connectivity index (χ3v) is 7.04. The molecule has 0 radical (unpaired) electrons. The van der Waals surface area contributed by atoms with E-state index in [1.165, 1.54) is 12.1 Å². The largest absolute Gasteiger partial charge is 0.491 e. The van der Waals surface area contributed by atoms with Gasteiger partial charge in [0.1, 0.15) is 17.6 Å². The molecule has 1 saturated carbocycles. The zero-order valence-electron chi connectivity index (χ0n) is 19.8. The number of rotatable bonds is 11. The number of benzene rings is 1. The molecule has 34 heavy (non-hydrogen) atoms. The van der Waals surface area contributed by atoms with Gasteiger partial charge in [0.15, 0.2) is 11.6 Å². The maximum Gasteiger partial charge on any atom is 0.316 e. The van der Waals surface area contributed by atoms with Crippen molar-refractivity contribution in [2.45, 2.75) is 83.7 Å². The lowest BCUT2D eigenvalue weighted by Gasteiger charge is -2.37. The first-order chi connectivity index (χ1) is 16.4. The number of unbranched alkanes of at least 4 members (excludes halogenated alkanes) is 1. The predicted octanol–water partition coefficient (Wildman–Crippen LogP) is 6.43. The van der Waals surface area contributed by atoms with E-state index in [9.17, 15) is 22.8 Å². The molecule has 0 N–H and O–H groups in total. The van der Waals surface area contributed by atoms with E-state index in [0.29, 0.717) is 37.5 Å². The van der Waals surface area contributed by atoms with Crippen LogP contribution in [0.25, 0.3) is 0 Å². The van der Waals surface area contributed by atoms with Gasteiger partial charge in [0.2, 0.25) is 0 Å². The van der Waals surface area contributed by atoms with Crippen LogP contribution in [-0.2, 0) is 14.3 Å². The molecule has 1 heterocycles.